The molecule has 1 N–H and O–H groups in total. The highest BCUT2D eigenvalue weighted by atomic mass is 31.0. The van der Waals surface area contributed by atoms with E-state index in [1.807, 2.05) is 9.47 Å². The highest BCUT2D eigenvalue weighted by Gasteiger charge is 2.36. The van der Waals surface area contributed by atoms with Crippen molar-refractivity contribution < 1.29 is 19.2 Å². The Labute approximate surface area is 86.3 Å². The van der Waals surface area contributed by atoms with Crippen molar-refractivity contribution in [1.82, 2.24) is 0 Å². The van der Waals surface area contributed by atoms with Gasteiger partial charge in [0.05, 0.1) is 17.9 Å². The number of aliphatic carboxylic acids is 1. The molecule has 0 spiro atoms. The van der Waals surface area contributed by atoms with Crippen LogP contribution in [-0.4, -0.2) is 23.0 Å². The van der Waals surface area contributed by atoms with Crippen molar-refractivity contribution in [2.75, 3.05) is 0 Å². The smallest absolute Gasteiger partial charge is 0.306 e. The molecule has 0 aliphatic heterocycles. The van der Waals surface area contributed by atoms with Crippen molar-refractivity contribution in [1.29, 1.82) is 0 Å². The molecule has 14 heavy (non-hydrogen) atoms. The first-order valence-electron chi connectivity index (χ1n) is 4.46. The first-order chi connectivity index (χ1) is 6.36. The molecule has 0 aliphatic rings. The summed E-state index contributed by atoms with van der Waals surface area (Å²) in [6.45, 7) is 5.16. The number of carbonyl (C=O) groups excluding carboxylic acids is 1. The van der Waals surface area contributed by atoms with E-state index in [0.29, 0.717) is 6.42 Å². The maximum atomic E-state index is 11.5. The van der Waals surface area contributed by atoms with Crippen LogP contribution in [0.1, 0.15) is 33.6 Å². The van der Waals surface area contributed by atoms with Gasteiger partial charge in [-0.2, -0.15) is 0 Å². The second-order valence-electron chi connectivity index (χ2n) is 3.72. The molecule has 5 heteroatoms. The Hall–Kier alpha value is -0.470. The minimum Gasteiger partial charge on any atom is -0.481 e. The number of Topliss-reactive ketones (excluding diaryl/α,β-unsaturated/α-hetero) is 1. The van der Waals surface area contributed by atoms with E-state index in [0.717, 1.165) is 0 Å². The molecule has 0 radical (unpaired) electrons. The lowest BCUT2D eigenvalue weighted by Crippen LogP contribution is -2.38. The van der Waals surface area contributed by atoms with Crippen molar-refractivity contribution in [2.24, 2.45) is 5.41 Å². The van der Waals surface area contributed by atoms with E-state index in [1.165, 1.54) is 0 Å². The highest BCUT2D eigenvalue weighted by Crippen LogP contribution is 2.29. The summed E-state index contributed by atoms with van der Waals surface area (Å²) in [5.74, 6) is -0.958. The minimum absolute atomic E-state index is 0.00574. The zero-order chi connectivity index (χ0) is 11.4. The molecule has 0 rings (SSSR count). The van der Waals surface area contributed by atoms with Crippen LogP contribution < -0.4 is 0 Å². The predicted molar refractivity (Wildman–Crippen MR) is 55.9 cm³/mol. The van der Waals surface area contributed by atoms with Crippen molar-refractivity contribution in [3.05, 3.63) is 0 Å². The van der Waals surface area contributed by atoms with Crippen LogP contribution in [0.5, 0.6) is 0 Å². The molecule has 0 aromatic rings. The summed E-state index contributed by atoms with van der Waals surface area (Å²) in [7, 11) is 2.02. The van der Waals surface area contributed by atoms with Crippen molar-refractivity contribution in [2.45, 2.75) is 39.7 Å². The first kappa shape index (κ1) is 13.5. The molecule has 2 atom stereocenters. The van der Waals surface area contributed by atoms with E-state index >= 15 is 0 Å². The predicted octanol–water partition coefficient (Wildman–Crippen LogP) is 1.64. The number of hydrogen-bond acceptors (Lipinski definition) is 3. The number of carbonyl (C=O) groups is 2. The fraction of sp³-hybridized carbons (Fsp3) is 0.778. The quantitative estimate of drug-likeness (QED) is 0.691. The third-order valence-electron chi connectivity index (χ3n) is 2.37. The number of carboxylic acids is 1. The van der Waals surface area contributed by atoms with Crippen molar-refractivity contribution >= 4 is 21.2 Å². The molecular weight excluding hydrogens is 203 g/mol. The molecule has 0 aliphatic carbocycles. The zero-order valence-corrected chi connectivity index (χ0v) is 9.90. The Morgan fingerprint density at radius 2 is 2.00 bits per heavy atom. The van der Waals surface area contributed by atoms with Gasteiger partial charge < -0.3 is 9.63 Å². The monoisotopic (exact) mass is 220 g/mol. The maximum absolute atomic E-state index is 11.5. The third kappa shape index (κ3) is 3.35. The summed E-state index contributed by atoms with van der Waals surface area (Å²) in [6, 6.07) is 0. The Balaban J connectivity index is 4.64. The van der Waals surface area contributed by atoms with Crippen LogP contribution in [0.15, 0.2) is 0 Å². The van der Waals surface area contributed by atoms with Gasteiger partial charge in [0.1, 0.15) is 5.78 Å². The van der Waals surface area contributed by atoms with Gasteiger partial charge in [-0.3, -0.25) is 9.59 Å². The molecule has 0 bridgehead atoms. The van der Waals surface area contributed by atoms with Gasteiger partial charge in [-0.15, -0.1) is 0 Å². The topological polar surface area (TPSA) is 63.6 Å². The van der Waals surface area contributed by atoms with Crippen LogP contribution >= 0.6 is 9.47 Å². The molecule has 0 aromatic heterocycles. The molecular formula is C9H17O4P. The van der Waals surface area contributed by atoms with Crippen LogP contribution in [0.3, 0.4) is 0 Å². The summed E-state index contributed by atoms with van der Waals surface area (Å²) < 4.78 is 4.96. The van der Waals surface area contributed by atoms with Gasteiger partial charge in [-0.25, -0.2) is 0 Å². The number of rotatable bonds is 6. The lowest BCUT2D eigenvalue weighted by Gasteiger charge is -2.30. The highest BCUT2D eigenvalue weighted by molar-refractivity contribution is 7.09. The molecule has 0 saturated heterocycles. The van der Waals surface area contributed by atoms with Gasteiger partial charge in [-0.1, -0.05) is 20.8 Å². The van der Waals surface area contributed by atoms with Gasteiger partial charge in [0.25, 0.3) is 0 Å². The lowest BCUT2D eigenvalue weighted by molar-refractivity contribution is -0.142. The molecule has 0 amide bonds. The summed E-state index contributed by atoms with van der Waals surface area (Å²) in [4.78, 5) is 22.1. The van der Waals surface area contributed by atoms with E-state index < -0.39 is 17.5 Å². The number of hydrogen-bond donors (Lipinski definition) is 1. The van der Waals surface area contributed by atoms with Crippen LogP contribution in [0, 0.1) is 5.41 Å². The first-order valence-corrected chi connectivity index (χ1v) is 4.94. The van der Waals surface area contributed by atoms with Gasteiger partial charge in [0.15, 0.2) is 0 Å². The summed E-state index contributed by atoms with van der Waals surface area (Å²) in [5.41, 5.74) is -0.755. The number of carboxylic acid groups (broad SMARTS) is 1. The van der Waals surface area contributed by atoms with Crippen molar-refractivity contribution in [3.8, 4) is 0 Å². The van der Waals surface area contributed by atoms with Gasteiger partial charge >= 0.3 is 5.97 Å². The normalized spacial score (nSPS) is 13.7. The van der Waals surface area contributed by atoms with E-state index in [9.17, 15) is 9.59 Å². The summed E-state index contributed by atoms with van der Waals surface area (Å²) in [6.07, 6.45) is -0.378. The van der Waals surface area contributed by atoms with Crippen molar-refractivity contribution in [3.63, 3.8) is 0 Å². The zero-order valence-electron chi connectivity index (χ0n) is 8.74. The van der Waals surface area contributed by atoms with E-state index in [1.54, 1.807) is 20.8 Å². The van der Waals surface area contributed by atoms with E-state index in [4.69, 9.17) is 9.63 Å². The van der Waals surface area contributed by atoms with Crippen LogP contribution in [0.2, 0.25) is 0 Å². The Bertz CT molecular complexity index is 225. The molecule has 82 valence electrons. The second kappa shape index (κ2) is 5.42. The van der Waals surface area contributed by atoms with Crippen LogP contribution in [-0.2, 0) is 14.1 Å². The molecule has 1 unspecified atom stereocenters. The molecule has 0 heterocycles. The van der Waals surface area contributed by atoms with Gasteiger partial charge in [0.2, 0.25) is 0 Å². The summed E-state index contributed by atoms with van der Waals surface area (Å²) in [5, 5.41) is 8.63. The molecule has 4 nitrogen and oxygen atoms in total. The fourth-order valence-electron chi connectivity index (χ4n) is 1.27. The Morgan fingerprint density at radius 1 is 1.50 bits per heavy atom. The Kier molecular flexibility index (Phi) is 5.24. The van der Waals surface area contributed by atoms with Crippen LogP contribution in [0.4, 0.5) is 0 Å². The molecule has 0 fully saturated rings. The Morgan fingerprint density at radius 3 is 2.29 bits per heavy atom. The van der Waals surface area contributed by atoms with E-state index in [2.05, 4.69) is 0 Å². The lowest BCUT2D eigenvalue weighted by atomic mass is 9.79. The van der Waals surface area contributed by atoms with E-state index in [-0.39, 0.29) is 12.2 Å². The third-order valence-corrected chi connectivity index (χ3v) is 2.70. The van der Waals surface area contributed by atoms with Gasteiger partial charge in [-0.05, 0) is 0 Å². The molecule has 0 aromatic carbocycles. The minimum atomic E-state index is -0.963. The number of ketones is 1. The van der Waals surface area contributed by atoms with Crippen LogP contribution in [0.25, 0.3) is 0 Å². The SMILES string of the molecule is CCC(=O)C(C)(C)[C@H](CC(=O)O)OP. The average molecular weight is 220 g/mol. The summed E-state index contributed by atoms with van der Waals surface area (Å²) >= 11 is 0. The van der Waals surface area contributed by atoms with Gasteiger partial charge in [0, 0.05) is 15.9 Å². The fourth-order valence-corrected chi connectivity index (χ4v) is 1.70. The second-order valence-corrected chi connectivity index (χ2v) is 3.99. The maximum Gasteiger partial charge on any atom is 0.306 e. The average Bonchev–Trinajstić information content (AvgIpc) is 2.12. The largest absolute Gasteiger partial charge is 0.481 e. The standard InChI is InChI=1S/C9H17O4P/c1-4-6(10)9(2,3)7(13-14)5-8(11)12/h7H,4-5,14H2,1-3H3,(H,11,12)/t7-/m0/s1. The molecule has 0 saturated carbocycles.